The predicted octanol–water partition coefficient (Wildman–Crippen LogP) is 3.85. The highest BCUT2D eigenvalue weighted by Crippen LogP contribution is 2.23. The molecule has 3 aromatic heterocycles. The topological polar surface area (TPSA) is 84.6 Å². The van der Waals surface area contributed by atoms with E-state index in [-0.39, 0.29) is 17.0 Å². The van der Waals surface area contributed by atoms with E-state index < -0.39 is 17.5 Å². The third-order valence-corrected chi connectivity index (χ3v) is 5.63. The lowest BCUT2D eigenvalue weighted by Crippen LogP contribution is -2.23. The minimum Gasteiger partial charge on any atom is -0.380 e. The molecule has 172 valence electrons. The molecule has 0 bridgehead atoms. The number of hydrogen-bond donors (Lipinski definition) is 1. The maximum atomic E-state index is 14.2. The first kappa shape index (κ1) is 22.9. The Bertz CT molecular complexity index is 1280. The van der Waals surface area contributed by atoms with E-state index in [0.29, 0.717) is 30.5 Å². The molecule has 1 amide bonds. The van der Waals surface area contributed by atoms with Crippen molar-refractivity contribution in [3.05, 3.63) is 64.9 Å². The van der Waals surface area contributed by atoms with E-state index in [1.54, 1.807) is 6.07 Å². The summed E-state index contributed by atoms with van der Waals surface area (Å²) in [6.07, 6.45) is 1.37. The molecule has 11 heteroatoms. The second-order valence-electron chi connectivity index (χ2n) is 7.29. The van der Waals surface area contributed by atoms with Crippen molar-refractivity contribution in [1.82, 2.24) is 24.5 Å². The Balaban J connectivity index is 1.50. The van der Waals surface area contributed by atoms with Gasteiger partial charge in [0.25, 0.3) is 5.91 Å². The number of aromatic nitrogens is 4. The number of anilines is 1. The fraction of sp³-hybridized carbons (Fsp3) is 0.273. The number of carbonyl (C=O) groups excluding carboxylic acids is 1. The smallest absolute Gasteiger partial charge is 0.277 e. The molecule has 0 aliphatic rings. The van der Waals surface area contributed by atoms with E-state index in [1.165, 1.54) is 28.1 Å². The van der Waals surface area contributed by atoms with Crippen molar-refractivity contribution in [2.24, 2.45) is 0 Å². The van der Waals surface area contributed by atoms with E-state index in [9.17, 15) is 13.6 Å². The standard InChI is InChI=1S/C22H22F2N6O2S/c1-3-32-9-8-29(2)12-15-13-33-22(26-15)27-21(31)19-11-25-20-7-6-18(28-30(19)20)16-10-14(23)4-5-17(16)24/h4-7,10-11,13H,3,8-9,12H2,1-2H3,(H,26,27,31). The fourth-order valence-corrected chi connectivity index (χ4v) is 3.88. The van der Waals surface area contributed by atoms with Gasteiger partial charge in [0.05, 0.1) is 24.2 Å². The average molecular weight is 473 g/mol. The molecular formula is C22H22F2N6O2S. The van der Waals surface area contributed by atoms with Crippen LogP contribution in [0.4, 0.5) is 13.9 Å². The first-order chi connectivity index (χ1) is 15.9. The molecule has 1 N–H and O–H groups in total. The van der Waals surface area contributed by atoms with Crippen molar-refractivity contribution in [3.8, 4) is 11.3 Å². The molecule has 0 fully saturated rings. The third kappa shape index (κ3) is 5.38. The lowest BCUT2D eigenvalue weighted by molar-refractivity contribution is 0.102. The Labute approximate surface area is 192 Å². The number of fused-ring (bicyclic) bond motifs is 1. The van der Waals surface area contributed by atoms with Gasteiger partial charge in [0, 0.05) is 30.6 Å². The van der Waals surface area contributed by atoms with Gasteiger partial charge in [0.15, 0.2) is 16.5 Å². The second-order valence-corrected chi connectivity index (χ2v) is 8.15. The molecule has 3 heterocycles. The van der Waals surface area contributed by atoms with Crippen LogP contribution in [0.2, 0.25) is 0 Å². The van der Waals surface area contributed by atoms with Crippen LogP contribution in [0.3, 0.4) is 0 Å². The van der Waals surface area contributed by atoms with E-state index in [0.717, 1.165) is 30.4 Å². The zero-order valence-corrected chi connectivity index (χ0v) is 18.9. The highest BCUT2D eigenvalue weighted by molar-refractivity contribution is 7.13. The molecule has 0 aliphatic carbocycles. The van der Waals surface area contributed by atoms with Gasteiger partial charge >= 0.3 is 0 Å². The van der Waals surface area contributed by atoms with Crippen LogP contribution in [0.25, 0.3) is 16.9 Å². The normalized spacial score (nSPS) is 11.4. The van der Waals surface area contributed by atoms with Crippen LogP contribution < -0.4 is 5.32 Å². The molecule has 0 saturated carbocycles. The molecule has 0 saturated heterocycles. The highest BCUT2D eigenvalue weighted by atomic mass is 32.1. The molecule has 1 aromatic carbocycles. The number of amides is 1. The zero-order chi connectivity index (χ0) is 23.4. The summed E-state index contributed by atoms with van der Waals surface area (Å²) in [5, 5.41) is 9.37. The predicted molar refractivity (Wildman–Crippen MR) is 121 cm³/mol. The fourth-order valence-electron chi connectivity index (χ4n) is 3.18. The van der Waals surface area contributed by atoms with Crippen LogP contribution in [0.15, 0.2) is 41.9 Å². The highest BCUT2D eigenvalue weighted by Gasteiger charge is 2.17. The summed E-state index contributed by atoms with van der Waals surface area (Å²) < 4.78 is 34.4. The quantitative estimate of drug-likeness (QED) is 0.373. The summed E-state index contributed by atoms with van der Waals surface area (Å²) in [5.41, 5.74) is 1.55. The van der Waals surface area contributed by atoms with Crippen molar-refractivity contribution < 1.29 is 18.3 Å². The van der Waals surface area contributed by atoms with Gasteiger partial charge in [-0.15, -0.1) is 11.3 Å². The van der Waals surface area contributed by atoms with Crippen LogP contribution in [0.5, 0.6) is 0 Å². The SMILES string of the molecule is CCOCCN(C)Cc1csc(NC(=O)c2cnc3ccc(-c4cc(F)ccc4F)nn23)n1. The van der Waals surface area contributed by atoms with Crippen molar-refractivity contribution in [2.45, 2.75) is 13.5 Å². The number of nitrogens with zero attached hydrogens (tertiary/aromatic N) is 5. The lowest BCUT2D eigenvalue weighted by Gasteiger charge is -2.14. The number of thiazole rings is 1. The molecule has 0 unspecified atom stereocenters. The number of halogens is 2. The Hall–Kier alpha value is -3.28. The number of likely N-dealkylation sites (N-methyl/N-ethyl adjacent to an activating group) is 1. The van der Waals surface area contributed by atoms with Crippen LogP contribution in [0, 0.1) is 11.6 Å². The first-order valence-electron chi connectivity index (χ1n) is 10.3. The van der Waals surface area contributed by atoms with Gasteiger partial charge in [-0.1, -0.05) is 0 Å². The number of nitrogens with one attached hydrogen (secondary N) is 1. The molecule has 0 radical (unpaired) electrons. The van der Waals surface area contributed by atoms with E-state index in [4.69, 9.17) is 4.74 Å². The molecule has 4 aromatic rings. The van der Waals surface area contributed by atoms with Crippen LogP contribution in [-0.4, -0.2) is 57.2 Å². The minimum absolute atomic E-state index is 0.00465. The average Bonchev–Trinajstić information content (AvgIpc) is 3.41. The van der Waals surface area contributed by atoms with Gasteiger partial charge in [-0.3, -0.25) is 15.0 Å². The zero-order valence-electron chi connectivity index (χ0n) is 18.1. The summed E-state index contributed by atoms with van der Waals surface area (Å²) in [4.78, 5) is 23.6. The van der Waals surface area contributed by atoms with Gasteiger partial charge in [-0.05, 0) is 44.3 Å². The van der Waals surface area contributed by atoms with E-state index in [2.05, 4.69) is 25.3 Å². The van der Waals surface area contributed by atoms with Crippen LogP contribution in [-0.2, 0) is 11.3 Å². The van der Waals surface area contributed by atoms with Crippen molar-refractivity contribution >= 4 is 28.0 Å². The Morgan fingerprint density at radius 3 is 2.94 bits per heavy atom. The molecular weight excluding hydrogens is 450 g/mol. The number of benzene rings is 1. The second kappa shape index (κ2) is 10.1. The Morgan fingerprint density at radius 1 is 1.27 bits per heavy atom. The van der Waals surface area contributed by atoms with Crippen LogP contribution >= 0.6 is 11.3 Å². The minimum atomic E-state index is -0.615. The van der Waals surface area contributed by atoms with Crippen molar-refractivity contribution in [1.29, 1.82) is 0 Å². The molecule has 0 aliphatic heterocycles. The van der Waals surface area contributed by atoms with Gasteiger partial charge in [-0.25, -0.2) is 23.3 Å². The summed E-state index contributed by atoms with van der Waals surface area (Å²) >= 11 is 1.31. The van der Waals surface area contributed by atoms with Crippen LogP contribution in [0.1, 0.15) is 23.1 Å². The Morgan fingerprint density at radius 2 is 2.12 bits per heavy atom. The summed E-state index contributed by atoms with van der Waals surface area (Å²) in [7, 11) is 1.97. The maximum Gasteiger partial charge on any atom is 0.277 e. The van der Waals surface area contributed by atoms with E-state index in [1.807, 2.05) is 19.4 Å². The van der Waals surface area contributed by atoms with Gasteiger partial charge in [0.2, 0.25) is 0 Å². The number of imidazole rings is 1. The number of ether oxygens (including phenoxy) is 1. The first-order valence-corrected chi connectivity index (χ1v) is 11.1. The molecule has 4 rings (SSSR count). The molecule has 33 heavy (non-hydrogen) atoms. The largest absolute Gasteiger partial charge is 0.380 e. The lowest BCUT2D eigenvalue weighted by atomic mass is 10.1. The molecule has 8 nitrogen and oxygen atoms in total. The third-order valence-electron chi connectivity index (χ3n) is 4.82. The molecule has 0 atom stereocenters. The maximum absolute atomic E-state index is 14.2. The van der Waals surface area contributed by atoms with Gasteiger partial charge in [0.1, 0.15) is 11.6 Å². The number of rotatable bonds is 9. The summed E-state index contributed by atoms with van der Waals surface area (Å²) in [6.45, 7) is 4.67. The van der Waals surface area contributed by atoms with Crippen molar-refractivity contribution in [2.75, 3.05) is 32.1 Å². The summed E-state index contributed by atoms with van der Waals surface area (Å²) in [6, 6.07) is 6.24. The monoisotopic (exact) mass is 472 g/mol. The van der Waals surface area contributed by atoms with Crippen molar-refractivity contribution in [3.63, 3.8) is 0 Å². The summed E-state index contributed by atoms with van der Waals surface area (Å²) in [5.74, 6) is -1.66. The molecule has 0 spiro atoms. The van der Waals surface area contributed by atoms with E-state index >= 15 is 0 Å². The Kier molecular flexibility index (Phi) is 7.02. The van der Waals surface area contributed by atoms with Gasteiger partial charge in [-0.2, -0.15) is 5.10 Å². The number of hydrogen-bond acceptors (Lipinski definition) is 7. The van der Waals surface area contributed by atoms with Gasteiger partial charge < -0.3 is 4.74 Å². The number of carbonyl (C=O) groups is 1.